The van der Waals surface area contributed by atoms with Crippen LogP contribution >= 0.6 is 27.3 Å². The van der Waals surface area contributed by atoms with Gasteiger partial charge in [0.15, 0.2) is 0 Å². The molecule has 6 heteroatoms. The smallest absolute Gasteiger partial charge is 0.265 e. The minimum atomic E-state index is -0.284. The third-order valence-corrected chi connectivity index (χ3v) is 3.21. The van der Waals surface area contributed by atoms with Gasteiger partial charge in [0, 0.05) is 0 Å². The van der Waals surface area contributed by atoms with Gasteiger partial charge in [0.1, 0.15) is 13.1 Å². The molecule has 4 nitrogen and oxygen atoms in total. The van der Waals surface area contributed by atoms with Gasteiger partial charge in [0.05, 0.1) is 20.8 Å². The van der Waals surface area contributed by atoms with Gasteiger partial charge in [-0.25, -0.2) is 0 Å². The first-order valence-electron chi connectivity index (χ1n) is 3.97. The quantitative estimate of drug-likeness (QED) is 0.797. The van der Waals surface area contributed by atoms with E-state index in [2.05, 4.69) is 15.9 Å². The molecule has 0 saturated carbocycles. The van der Waals surface area contributed by atoms with Gasteiger partial charge in [-0.15, -0.1) is 11.3 Å². The van der Waals surface area contributed by atoms with Crippen LogP contribution in [0.4, 0.5) is 0 Å². The van der Waals surface area contributed by atoms with Crippen LogP contribution < -0.4 is 0 Å². The van der Waals surface area contributed by atoms with Gasteiger partial charge >= 0.3 is 0 Å². The number of nitrogens with zero attached hydrogens (tertiary/aromatic N) is 3. The van der Waals surface area contributed by atoms with Crippen LogP contribution in [-0.2, 0) is 0 Å². The van der Waals surface area contributed by atoms with Crippen LogP contribution in [0.15, 0.2) is 15.9 Å². The Hall–Kier alpha value is -1.37. The Kier molecular flexibility index (Phi) is 4.29. The molecule has 0 unspecified atom stereocenters. The second kappa shape index (κ2) is 5.50. The summed E-state index contributed by atoms with van der Waals surface area (Å²) in [5.41, 5.74) is 0. The van der Waals surface area contributed by atoms with E-state index in [4.69, 9.17) is 10.5 Å². The van der Waals surface area contributed by atoms with E-state index >= 15 is 0 Å². The largest absolute Gasteiger partial charge is 0.311 e. The van der Waals surface area contributed by atoms with Crippen molar-refractivity contribution >= 4 is 33.2 Å². The SMILES string of the molecule is N#CCN(CC#N)C(=O)c1ccc(Br)s1. The number of hydrogen-bond donors (Lipinski definition) is 0. The highest BCUT2D eigenvalue weighted by atomic mass is 79.9. The maximum absolute atomic E-state index is 11.8. The molecule has 0 fully saturated rings. The lowest BCUT2D eigenvalue weighted by Crippen LogP contribution is -2.31. The predicted octanol–water partition coefficient (Wildman–Crippen LogP) is 2.00. The number of thiophene rings is 1. The van der Waals surface area contributed by atoms with E-state index < -0.39 is 0 Å². The average Bonchev–Trinajstić information content (AvgIpc) is 2.63. The molecule has 1 heterocycles. The van der Waals surface area contributed by atoms with Crippen molar-refractivity contribution in [2.75, 3.05) is 13.1 Å². The predicted molar refractivity (Wildman–Crippen MR) is 59.1 cm³/mol. The minimum absolute atomic E-state index is 0.0675. The molecule has 1 rings (SSSR count). The number of carbonyl (C=O) groups is 1. The van der Waals surface area contributed by atoms with Gasteiger partial charge in [-0.3, -0.25) is 4.79 Å². The third kappa shape index (κ3) is 3.05. The lowest BCUT2D eigenvalue weighted by Gasteiger charge is -2.13. The van der Waals surface area contributed by atoms with Crippen molar-refractivity contribution in [3.05, 3.63) is 20.8 Å². The van der Waals surface area contributed by atoms with Crippen molar-refractivity contribution in [3.63, 3.8) is 0 Å². The second-order valence-electron chi connectivity index (χ2n) is 2.58. The van der Waals surface area contributed by atoms with Crippen molar-refractivity contribution in [1.82, 2.24) is 4.90 Å². The Labute approximate surface area is 99.5 Å². The van der Waals surface area contributed by atoms with Gasteiger partial charge < -0.3 is 4.90 Å². The molecule has 1 aromatic rings. The number of halogens is 1. The topological polar surface area (TPSA) is 67.9 Å². The summed E-state index contributed by atoms with van der Waals surface area (Å²) >= 11 is 4.53. The second-order valence-corrected chi connectivity index (χ2v) is 5.04. The molecule has 1 amide bonds. The van der Waals surface area contributed by atoms with Crippen LogP contribution in [0, 0.1) is 22.7 Å². The standard InChI is InChI=1S/C9H6BrN3OS/c10-8-2-1-7(15-8)9(14)13(5-3-11)6-4-12/h1-2H,5-6H2. The summed E-state index contributed by atoms with van der Waals surface area (Å²) in [7, 11) is 0. The fraction of sp³-hybridized carbons (Fsp3) is 0.222. The van der Waals surface area contributed by atoms with E-state index in [-0.39, 0.29) is 19.0 Å². The van der Waals surface area contributed by atoms with Crippen LogP contribution in [0.5, 0.6) is 0 Å². The zero-order valence-electron chi connectivity index (χ0n) is 7.61. The molecule has 0 bridgehead atoms. The van der Waals surface area contributed by atoms with E-state index in [9.17, 15) is 4.79 Å². The summed E-state index contributed by atoms with van der Waals surface area (Å²) < 4.78 is 0.847. The van der Waals surface area contributed by atoms with Crippen LogP contribution in [-0.4, -0.2) is 23.9 Å². The molecule has 0 saturated heterocycles. The zero-order valence-corrected chi connectivity index (χ0v) is 10.0. The highest BCUT2D eigenvalue weighted by Gasteiger charge is 2.16. The summed E-state index contributed by atoms with van der Waals surface area (Å²) in [6.07, 6.45) is 0. The van der Waals surface area contributed by atoms with Crippen LogP contribution in [0.25, 0.3) is 0 Å². The number of nitriles is 2. The number of carbonyl (C=O) groups excluding carboxylic acids is 1. The monoisotopic (exact) mass is 283 g/mol. The van der Waals surface area contributed by atoms with Gasteiger partial charge in [0.2, 0.25) is 0 Å². The molecule has 0 atom stereocenters. The van der Waals surface area contributed by atoms with Crippen molar-refractivity contribution in [2.24, 2.45) is 0 Å². The highest BCUT2D eigenvalue weighted by Crippen LogP contribution is 2.23. The summed E-state index contributed by atoms with van der Waals surface area (Å²) in [5.74, 6) is -0.284. The Balaban J connectivity index is 2.82. The molecule has 0 N–H and O–H groups in total. The highest BCUT2D eigenvalue weighted by molar-refractivity contribution is 9.11. The zero-order chi connectivity index (χ0) is 11.3. The first-order valence-corrected chi connectivity index (χ1v) is 5.58. The Morgan fingerprint density at radius 2 is 2.00 bits per heavy atom. The number of hydrogen-bond acceptors (Lipinski definition) is 4. The van der Waals surface area contributed by atoms with E-state index in [1.54, 1.807) is 12.1 Å². The van der Waals surface area contributed by atoms with Crippen molar-refractivity contribution in [3.8, 4) is 12.1 Å². The molecule has 76 valence electrons. The van der Waals surface area contributed by atoms with E-state index in [1.807, 2.05) is 12.1 Å². The summed E-state index contributed by atoms with van der Waals surface area (Å²) in [4.78, 5) is 13.5. The lowest BCUT2D eigenvalue weighted by molar-refractivity contribution is 0.0799. The van der Waals surface area contributed by atoms with E-state index in [0.29, 0.717) is 4.88 Å². The molecular weight excluding hydrogens is 278 g/mol. The summed E-state index contributed by atoms with van der Waals surface area (Å²) in [6, 6.07) is 7.14. The van der Waals surface area contributed by atoms with Gasteiger partial charge in [0.25, 0.3) is 5.91 Å². The van der Waals surface area contributed by atoms with E-state index in [1.165, 1.54) is 16.2 Å². The number of rotatable bonds is 3. The first kappa shape index (κ1) is 11.7. The molecule has 15 heavy (non-hydrogen) atoms. The molecule has 0 spiro atoms. The van der Waals surface area contributed by atoms with Crippen molar-refractivity contribution in [1.29, 1.82) is 10.5 Å². The van der Waals surface area contributed by atoms with Crippen molar-refractivity contribution < 1.29 is 4.79 Å². The Morgan fingerprint density at radius 3 is 2.40 bits per heavy atom. The summed E-state index contributed by atoms with van der Waals surface area (Å²) in [6.45, 7) is -0.135. The fourth-order valence-corrected chi connectivity index (χ4v) is 2.31. The minimum Gasteiger partial charge on any atom is -0.311 e. The summed E-state index contributed by atoms with van der Waals surface area (Å²) in [5, 5.41) is 17.0. The third-order valence-electron chi connectivity index (χ3n) is 1.59. The first-order chi connectivity index (χ1) is 7.19. The molecule has 0 radical (unpaired) electrons. The fourth-order valence-electron chi connectivity index (χ4n) is 0.955. The lowest BCUT2D eigenvalue weighted by atomic mass is 10.4. The average molecular weight is 284 g/mol. The van der Waals surface area contributed by atoms with Gasteiger partial charge in [-0.05, 0) is 28.1 Å². The van der Waals surface area contributed by atoms with Gasteiger partial charge in [-0.1, -0.05) is 0 Å². The molecule has 0 aliphatic heterocycles. The van der Waals surface area contributed by atoms with Crippen LogP contribution in [0.2, 0.25) is 0 Å². The van der Waals surface area contributed by atoms with E-state index in [0.717, 1.165) is 3.79 Å². The molecule has 0 aliphatic carbocycles. The van der Waals surface area contributed by atoms with Crippen LogP contribution in [0.1, 0.15) is 9.67 Å². The maximum Gasteiger partial charge on any atom is 0.265 e. The number of amides is 1. The molecular formula is C9H6BrN3OS. The maximum atomic E-state index is 11.8. The molecule has 0 aromatic carbocycles. The normalized spacial score (nSPS) is 9.00. The Morgan fingerprint density at radius 1 is 1.40 bits per heavy atom. The molecule has 0 aliphatic rings. The van der Waals surface area contributed by atoms with Crippen molar-refractivity contribution in [2.45, 2.75) is 0 Å². The Bertz CT molecular complexity index is 427. The van der Waals surface area contributed by atoms with Crippen LogP contribution in [0.3, 0.4) is 0 Å². The van der Waals surface area contributed by atoms with Gasteiger partial charge in [-0.2, -0.15) is 10.5 Å². The molecule has 1 aromatic heterocycles.